The Morgan fingerprint density at radius 3 is 3.06 bits per heavy atom. The molecule has 1 aliphatic heterocycles. The highest BCUT2D eigenvalue weighted by atomic mass is 32.1. The molecule has 0 aromatic carbocycles. The number of fused-ring (bicyclic) bond motifs is 2. The molecule has 0 amide bonds. The number of hydrogen-bond acceptors (Lipinski definition) is 3. The largest absolute Gasteiger partial charge is 0.450 e. The molecule has 4 rings (SSSR count). The SMILES string of the molecule is Cc1sc2occ3c2c1-c1c(ccc[n+]1C)O3. The molecule has 0 saturated heterocycles. The Bertz CT molecular complexity index is 754. The lowest BCUT2D eigenvalue weighted by molar-refractivity contribution is -0.660. The maximum Gasteiger partial charge on any atom is 0.257 e. The molecule has 4 heterocycles. The van der Waals surface area contributed by atoms with E-state index < -0.39 is 0 Å². The summed E-state index contributed by atoms with van der Waals surface area (Å²) in [5.74, 6) is 1.73. The third-order valence-corrected chi connectivity index (χ3v) is 4.17. The topological polar surface area (TPSA) is 26.2 Å². The first-order valence-corrected chi connectivity index (χ1v) is 6.25. The summed E-state index contributed by atoms with van der Waals surface area (Å²) in [6.07, 6.45) is 3.73. The summed E-state index contributed by atoms with van der Waals surface area (Å²) >= 11 is 1.68. The molecule has 17 heavy (non-hydrogen) atoms. The van der Waals surface area contributed by atoms with E-state index in [1.165, 1.54) is 10.4 Å². The highest BCUT2D eigenvalue weighted by Crippen LogP contribution is 2.50. The summed E-state index contributed by atoms with van der Waals surface area (Å²) in [4.78, 5) is 2.22. The predicted molar refractivity (Wildman–Crippen MR) is 65.5 cm³/mol. The summed E-state index contributed by atoms with van der Waals surface area (Å²) in [6.45, 7) is 2.13. The third-order valence-electron chi connectivity index (χ3n) is 3.17. The molecule has 0 aliphatic carbocycles. The molecule has 0 spiro atoms. The van der Waals surface area contributed by atoms with Crippen LogP contribution in [0.1, 0.15) is 4.88 Å². The van der Waals surface area contributed by atoms with E-state index in [1.807, 2.05) is 25.4 Å². The normalized spacial score (nSPS) is 12.6. The lowest BCUT2D eigenvalue weighted by Crippen LogP contribution is -2.31. The number of ether oxygens (including phenoxy) is 1. The van der Waals surface area contributed by atoms with Crippen LogP contribution in [-0.2, 0) is 7.05 Å². The van der Waals surface area contributed by atoms with Crippen molar-refractivity contribution in [1.82, 2.24) is 0 Å². The second kappa shape index (κ2) is 2.90. The standard InChI is InChI=1S/C13H10NO2S/c1-7-10-11-9(6-15-13(11)17-7)16-8-4-3-5-14(2)12(8)10/h3-6H,1-2H3/q+1. The molecule has 0 saturated carbocycles. The van der Waals surface area contributed by atoms with Crippen molar-refractivity contribution in [2.75, 3.05) is 0 Å². The molecule has 0 N–H and O–H groups in total. The van der Waals surface area contributed by atoms with Gasteiger partial charge in [0.1, 0.15) is 13.3 Å². The van der Waals surface area contributed by atoms with Gasteiger partial charge in [0.2, 0.25) is 0 Å². The molecule has 0 radical (unpaired) electrons. The average molecular weight is 244 g/mol. The third kappa shape index (κ3) is 1.03. The minimum absolute atomic E-state index is 0.832. The van der Waals surface area contributed by atoms with Gasteiger partial charge in [0.15, 0.2) is 22.6 Å². The zero-order valence-electron chi connectivity index (χ0n) is 9.48. The van der Waals surface area contributed by atoms with Gasteiger partial charge in [0.05, 0.1) is 10.9 Å². The Balaban J connectivity index is 2.24. The van der Waals surface area contributed by atoms with Crippen LogP contribution in [0.5, 0.6) is 11.5 Å². The first kappa shape index (κ1) is 9.24. The molecule has 0 bridgehead atoms. The summed E-state index contributed by atoms with van der Waals surface area (Å²) in [6, 6.07) is 3.98. The first-order valence-electron chi connectivity index (χ1n) is 5.43. The van der Waals surface area contributed by atoms with E-state index in [4.69, 9.17) is 9.15 Å². The molecule has 0 unspecified atom stereocenters. The Labute approximate surface area is 102 Å². The van der Waals surface area contributed by atoms with E-state index in [0.29, 0.717) is 0 Å². The van der Waals surface area contributed by atoms with E-state index in [9.17, 15) is 0 Å². The van der Waals surface area contributed by atoms with Gasteiger partial charge < -0.3 is 9.15 Å². The molecule has 0 atom stereocenters. The molecule has 0 fully saturated rings. The van der Waals surface area contributed by atoms with E-state index in [1.54, 1.807) is 17.6 Å². The minimum atomic E-state index is 0.832. The highest BCUT2D eigenvalue weighted by Gasteiger charge is 2.32. The van der Waals surface area contributed by atoms with Crippen molar-refractivity contribution in [2.45, 2.75) is 6.92 Å². The fourth-order valence-corrected chi connectivity index (χ4v) is 3.42. The van der Waals surface area contributed by atoms with Gasteiger partial charge in [-0.25, -0.2) is 0 Å². The number of aromatic nitrogens is 1. The zero-order valence-corrected chi connectivity index (χ0v) is 10.3. The second-order valence-electron chi connectivity index (χ2n) is 4.23. The zero-order chi connectivity index (χ0) is 11.6. The van der Waals surface area contributed by atoms with Crippen molar-refractivity contribution in [3.05, 3.63) is 29.5 Å². The number of hydrogen-bond donors (Lipinski definition) is 0. The number of furan rings is 1. The van der Waals surface area contributed by atoms with Gasteiger partial charge in [-0.05, 0) is 13.0 Å². The predicted octanol–water partition coefficient (Wildman–Crippen LogP) is 3.40. The smallest absolute Gasteiger partial charge is 0.257 e. The number of thiophene rings is 1. The van der Waals surface area contributed by atoms with Gasteiger partial charge >= 0.3 is 0 Å². The molecule has 1 aliphatic rings. The molecule has 4 heteroatoms. The molecular formula is C13H10NO2S+. The maximum absolute atomic E-state index is 5.88. The van der Waals surface area contributed by atoms with Crippen molar-refractivity contribution in [3.8, 4) is 22.8 Å². The van der Waals surface area contributed by atoms with Crippen LogP contribution in [0.4, 0.5) is 0 Å². The summed E-state index contributed by atoms with van der Waals surface area (Å²) in [7, 11) is 2.04. The average Bonchev–Trinajstić information content (AvgIpc) is 2.84. The molecule has 3 aromatic rings. The fourth-order valence-electron chi connectivity index (χ4n) is 2.44. The lowest BCUT2D eigenvalue weighted by atomic mass is 10.1. The Kier molecular flexibility index (Phi) is 1.58. The first-order chi connectivity index (χ1) is 8.25. The Morgan fingerprint density at radius 2 is 2.18 bits per heavy atom. The van der Waals surface area contributed by atoms with Crippen LogP contribution in [0.25, 0.3) is 21.5 Å². The van der Waals surface area contributed by atoms with Crippen molar-refractivity contribution in [2.24, 2.45) is 7.05 Å². The van der Waals surface area contributed by atoms with Gasteiger partial charge in [-0.1, -0.05) is 0 Å². The van der Waals surface area contributed by atoms with Crippen LogP contribution in [0.2, 0.25) is 0 Å². The van der Waals surface area contributed by atoms with E-state index in [2.05, 4.69) is 11.5 Å². The number of nitrogens with zero attached hydrogens (tertiary/aromatic N) is 1. The maximum atomic E-state index is 5.88. The monoisotopic (exact) mass is 244 g/mol. The molecule has 3 nitrogen and oxygen atoms in total. The minimum Gasteiger partial charge on any atom is -0.450 e. The van der Waals surface area contributed by atoms with Gasteiger partial charge in [-0.2, -0.15) is 4.57 Å². The second-order valence-corrected chi connectivity index (χ2v) is 5.42. The number of aryl methyl sites for hydroxylation is 2. The van der Waals surface area contributed by atoms with E-state index >= 15 is 0 Å². The summed E-state index contributed by atoms with van der Waals surface area (Å²) in [5.41, 5.74) is 2.38. The highest BCUT2D eigenvalue weighted by molar-refractivity contribution is 7.19. The van der Waals surface area contributed by atoms with E-state index in [-0.39, 0.29) is 0 Å². The van der Waals surface area contributed by atoms with Crippen LogP contribution >= 0.6 is 11.3 Å². The fraction of sp³-hybridized carbons (Fsp3) is 0.154. The number of rotatable bonds is 0. The molecule has 3 aromatic heterocycles. The summed E-state index contributed by atoms with van der Waals surface area (Å²) in [5, 5.41) is 1.11. The van der Waals surface area contributed by atoms with E-state index in [0.717, 1.165) is 27.5 Å². The van der Waals surface area contributed by atoms with Crippen LogP contribution in [0.15, 0.2) is 29.0 Å². The van der Waals surface area contributed by atoms with Crippen molar-refractivity contribution in [1.29, 1.82) is 0 Å². The lowest BCUT2D eigenvalue weighted by Gasteiger charge is -2.12. The van der Waals surface area contributed by atoms with Crippen molar-refractivity contribution < 1.29 is 13.7 Å². The quantitative estimate of drug-likeness (QED) is 0.443. The van der Waals surface area contributed by atoms with Crippen LogP contribution in [-0.4, -0.2) is 0 Å². The van der Waals surface area contributed by atoms with Gasteiger partial charge in [-0.3, -0.25) is 0 Å². The van der Waals surface area contributed by atoms with Crippen molar-refractivity contribution in [3.63, 3.8) is 0 Å². The molecule has 84 valence electrons. The summed E-state index contributed by atoms with van der Waals surface area (Å²) < 4.78 is 13.5. The van der Waals surface area contributed by atoms with Crippen molar-refractivity contribution >= 4 is 21.6 Å². The van der Waals surface area contributed by atoms with Gasteiger partial charge in [0, 0.05) is 10.9 Å². The Morgan fingerprint density at radius 1 is 1.29 bits per heavy atom. The van der Waals surface area contributed by atoms with Gasteiger partial charge in [-0.15, -0.1) is 11.3 Å². The molecular weight excluding hydrogens is 234 g/mol. The number of pyridine rings is 1. The van der Waals surface area contributed by atoms with Crippen LogP contribution in [0, 0.1) is 6.92 Å². The van der Waals surface area contributed by atoms with Gasteiger partial charge in [0.25, 0.3) is 5.69 Å². The van der Waals surface area contributed by atoms with Crippen LogP contribution < -0.4 is 9.30 Å². The van der Waals surface area contributed by atoms with Crippen LogP contribution in [0.3, 0.4) is 0 Å². The Hall–Kier alpha value is -1.81.